The zero-order valence-electron chi connectivity index (χ0n) is 11.9. The van der Waals surface area contributed by atoms with Gasteiger partial charge in [-0.3, -0.25) is 4.79 Å². The minimum Gasteiger partial charge on any atom is -0.478 e. The molecule has 19 heavy (non-hydrogen) atoms. The van der Waals surface area contributed by atoms with Crippen LogP contribution in [0.25, 0.3) is 0 Å². The maximum absolute atomic E-state index is 11.6. The summed E-state index contributed by atoms with van der Waals surface area (Å²) in [6, 6.07) is 1.84. The topological polar surface area (TPSA) is 64.5 Å². The second kappa shape index (κ2) is 7.56. The van der Waals surface area contributed by atoms with Gasteiger partial charge in [0.15, 0.2) is 0 Å². The average molecular weight is 267 g/mol. The number of esters is 1. The SMILES string of the molecule is CCOC(=O)CN(c1cc(OCC)ncn1)C(C)C. The van der Waals surface area contributed by atoms with E-state index in [0.717, 1.165) is 0 Å². The van der Waals surface area contributed by atoms with Crippen molar-refractivity contribution >= 4 is 11.8 Å². The zero-order chi connectivity index (χ0) is 14.3. The van der Waals surface area contributed by atoms with Crippen LogP contribution in [0.15, 0.2) is 12.4 Å². The van der Waals surface area contributed by atoms with E-state index in [4.69, 9.17) is 9.47 Å². The Morgan fingerprint density at radius 2 is 2.05 bits per heavy atom. The maximum atomic E-state index is 11.6. The molecule has 0 saturated carbocycles. The molecule has 0 fully saturated rings. The van der Waals surface area contributed by atoms with Crippen LogP contribution in [0.3, 0.4) is 0 Å². The summed E-state index contributed by atoms with van der Waals surface area (Å²) in [4.78, 5) is 21.6. The molecular weight excluding hydrogens is 246 g/mol. The van der Waals surface area contributed by atoms with E-state index in [9.17, 15) is 4.79 Å². The molecule has 1 aromatic heterocycles. The molecule has 0 aliphatic rings. The summed E-state index contributed by atoms with van der Waals surface area (Å²) in [5.74, 6) is 0.885. The minimum atomic E-state index is -0.271. The predicted molar refractivity (Wildman–Crippen MR) is 72.3 cm³/mol. The molecule has 1 aromatic rings. The normalized spacial score (nSPS) is 10.4. The molecule has 1 heterocycles. The Morgan fingerprint density at radius 1 is 1.32 bits per heavy atom. The standard InChI is InChI=1S/C13H21N3O3/c1-5-18-12-7-11(14-9-15-12)16(10(3)4)8-13(17)19-6-2/h7,9-10H,5-6,8H2,1-4H3. The molecule has 0 radical (unpaired) electrons. The number of carbonyl (C=O) groups excluding carboxylic acids is 1. The summed E-state index contributed by atoms with van der Waals surface area (Å²) < 4.78 is 10.3. The number of anilines is 1. The smallest absolute Gasteiger partial charge is 0.325 e. The molecule has 106 valence electrons. The van der Waals surface area contributed by atoms with Crippen LogP contribution in [0.2, 0.25) is 0 Å². The van der Waals surface area contributed by atoms with Gasteiger partial charge >= 0.3 is 5.97 Å². The van der Waals surface area contributed by atoms with Gasteiger partial charge in [0, 0.05) is 12.1 Å². The van der Waals surface area contributed by atoms with Crippen molar-refractivity contribution in [3.05, 3.63) is 12.4 Å². The molecule has 6 nitrogen and oxygen atoms in total. The van der Waals surface area contributed by atoms with Crippen LogP contribution in [-0.4, -0.2) is 41.7 Å². The van der Waals surface area contributed by atoms with Crippen molar-refractivity contribution in [2.45, 2.75) is 33.7 Å². The fraction of sp³-hybridized carbons (Fsp3) is 0.615. The molecule has 6 heteroatoms. The van der Waals surface area contributed by atoms with Gasteiger partial charge in [0.25, 0.3) is 0 Å². The van der Waals surface area contributed by atoms with Gasteiger partial charge in [-0.25, -0.2) is 9.97 Å². The van der Waals surface area contributed by atoms with Gasteiger partial charge in [-0.05, 0) is 27.7 Å². The molecule has 0 spiro atoms. The molecule has 0 amide bonds. The first-order valence-electron chi connectivity index (χ1n) is 6.45. The molecule has 0 aliphatic carbocycles. The largest absolute Gasteiger partial charge is 0.478 e. The fourth-order valence-corrected chi connectivity index (χ4v) is 1.59. The lowest BCUT2D eigenvalue weighted by atomic mass is 10.3. The average Bonchev–Trinajstić information content (AvgIpc) is 2.37. The van der Waals surface area contributed by atoms with E-state index in [1.807, 2.05) is 25.7 Å². The Bertz CT molecular complexity index is 410. The molecule has 1 rings (SSSR count). The second-order valence-electron chi connectivity index (χ2n) is 4.17. The molecule has 0 aliphatic heterocycles. The van der Waals surface area contributed by atoms with Crippen molar-refractivity contribution in [2.75, 3.05) is 24.7 Å². The van der Waals surface area contributed by atoms with E-state index < -0.39 is 0 Å². The van der Waals surface area contributed by atoms with Crippen molar-refractivity contribution in [1.82, 2.24) is 9.97 Å². The van der Waals surface area contributed by atoms with E-state index in [0.29, 0.717) is 24.9 Å². The van der Waals surface area contributed by atoms with Gasteiger partial charge in [-0.1, -0.05) is 0 Å². The lowest BCUT2D eigenvalue weighted by molar-refractivity contribution is -0.141. The van der Waals surface area contributed by atoms with Gasteiger partial charge in [0.1, 0.15) is 18.7 Å². The minimum absolute atomic E-state index is 0.119. The monoisotopic (exact) mass is 267 g/mol. The van der Waals surface area contributed by atoms with Gasteiger partial charge in [-0.2, -0.15) is 0 Å². The van der Waals surface area contributed by atoms with Crippen molar-refractivity contribution in [3.8, 4) is 5.88 Å². The number of carbonyl (C=O) groups is 1. The van der Waals surface area contributed by atoms with Crippen molar-refractivity contribution in [2.24, 2.45) is 0 Å². The van der Waals surface area contributed by atoms with E-state index in [2.05, 4.69) is 9.97 Å². The maximum Gasteiger partial charge on any atom is 0.325 e. The summed E-state index contributed by atoms with van der Waals surface area (Å²) in [6.45, 7) is 8.72. The number of hydrogen-bond donors (Lipinski definition) is 0. The lowest BCUT2D eigenvalue weighted by Crippen LogP contribution is -2.37. The van der Waals surface area contributed by atoms with Crippen molar-refractivity contribution < 1.29 is 14.3 Å². The highest BCUT2D eigenvalue weighted by atomic mass is 16.5. The third kappa shape index (κ3) is 4.73. The Labute approximate surface area is 113 Å². The fourth-order valence-electron chi connectivity index (χ4n) is 1.59. The van der Waals surface area contributed by atoms with Crippen LogP contribution in [0.5, 0.6) is 5.88 Å². The summed E-state index contributed by atoms with van der Waals surface area (Å²) in [6.07, 6.45) is 1.43. The van der Waals surface area contributed by atoms with Crippen LogP contribution in [0.4, 0.5) is 5.82 Å². The Kier molecular flexibility index (Phi) is 6.05. The summed E-state index contributed by atoms with van der Waals surface area (Å²) in [5.41, 5.74) is 0. The zero-order valence-corrected chi connectivity index (χ0v) is 11.9. The van der Waals surface area contributed by atoms with E-state index in [1.54, 1.807) is 13.0 Å². The highest BCUT2D eigenvalue weighted by Crippen LogP contribution is 2.18. The number of rotatable bonds is 7. The van der Waals surface area contributed by atoms with Crippen LogP contribution in [0.1, 0.15) is 27.7 Å². The highest BCUT2D eigenvalue weighted by Gasteiger charge is 2.17. The van der Waals surface area contributed by atoms with Crippen LogP contribution in [-0.2, 0) is 9.53 Å². The summed E-state index contributed by atoms with van der Waals surface area (Å²) in [7, 11) is 0. The first-order valence-corrected chi connectivity index (χ1v) is 6.45. The molecule has 0 aromatic carbocycles. The third-order valence-electron chi connectivity index (χ3n) is 2.44. The highest BCUT2D eigenvalue weighted by molar-refractivity contribution is 5.75. The second-order valence-corrected chi connectivity index (χ2v) is 4.17. The van der Waals surface area contributed by atoms with Crippen LogP contribution in [0, 0.1) is 0 Å². The van der Waals surface area contributed by atoms with Crippen LogP contribution < -0.4 is 9.64 Å². The molecular formula is C13H21N3O3. The van der Waals surface area contributed by atoms with Gasteiger partial charge in [0.05, 0.1) is 13.2 Å². The van der Waals surface area contributed by atoms with Crippen molar-refractivity contribution in [1.29, 1.82) is 0 Å². The number of hydrogen-bond acceptors (Lipinski definition) is 6. The molecule has 0 N–H and O–H groups in total. The first kappa shape index (κ1) is 15.2. The van der Waals surface area contributed by atoms with Crippen molar-refractivity contribution in [3.63, 3.8) is 0 Å². The van der Waals surface area contributed by atoms with E-state index in [1.165, 1.54) is 6.33 Å². The molecule has 0 bridgehead atoms. The Morgan fingerprint density at radius 3 is 2.63 bits per heavy atom. The van der Waals surface area contributed by atoms with Gasteiger partial charge < -0.3 is 14.4 Å². The van der Waals surface area contributed by atoms with E-state index in [-0.39, 0.29) is 18.6 Å². The Hall–Kier alpha value is -1.85. The quantitative estimate of drug-likeness (QED) is 0.700. The number of ether oxygens (including phenoxy) is 2. The first-order chi connectivity index (χ1) is 9.08. The predicted octanol–water partition coefficient (Wildman–Crippen LogP) is 1.65. The summed E-state index contributed by atoms with van der Waals surface area (Å²) >= 11 is 0. The lowest BCUT2D eigenvalue weighted by Gasteiger charge is -2.26. The molecule has 0 atom stereocenters. The number of aromatic nitrogens is 2. The molecule has 0 unspecified atom stereocenters. The summed E-state index contributed by atoms with van der Waals surface area (Å²) in [5, 5.41) is 0. The Balaban J connectivity index is 2.86. The van der Waals surface area contributed by atoms with Crippen LogP contribution >= 0.6 is 0 Å². The van der Waals surface area contributed by atoms with Gasteiger partial charge in [0.2, 0.25) is 5.88 Å². The third-order valence-corrected chi connectivity index (χ3v) is 2.44. The number of nitrogens with zero attached hydrogens (tertiary/aromatic N) is 3. The van der Waals surface area contributed by atoms with E-state index >= 15 is 0 Å². The molecule has 0 saturated heterocycles. The van der Waals surface area contributed by atoms with Gasteiger partial charge in [-0.15, -0.1) is 0 Å².